The van der Waals surface area contributed by atoms with Crippen LogP contribution in [0.3, 0.4) is 0 Å². The fraction of sp³-hybridized carbons (Fsp3) is 0.167. The lowest BCUT2D eigenvalue weighted by Crippen LogP contribution is -2.31. The van der Waals surface area contributed by atoms with Gasteiger partial charge in [-0.3, -0.25) is 9.69 Å². The van der Waals surface area contributed by atoms with Crippen LogP contribution in [-0.2, 0) is 17.8 Å². The Labute approximate surface area is 179 Å². The van der Waals surface area contributed by atoms with Crippen molar-refractivity contribution in [1.29, 1.82) is 0 Å². The van der Waals surface area contributed by atoms with Crippen molar-refractivity contribution < 1.29 is 4.79 Å². The van der Waals surface area contributed by atoms with Gasteiger partial charge in [-0.2, -0.15) is 0 Å². The number of para-hydroxylation sites is 1. The summed E-state index contributed by atoms with van der Waals surface area (Å²) >= 11 is 3.28. The minimum atomic E-state index is 0.0578. The highest BCUT2D eigenvalue weighted by atomic mass is 32.2. The molecule has 146 valence electrons. The molecule has 1 heterocycles. The molecule has 29 heavy (non-hydrogen) atoms. The van der Waals surface area contributed by atoms with Crippen molar-refractivity contribution in [2.45, 2.75) is 24.8 Å². The summed E-state index contributed by atoms with van der Waals surface area (Å²) < 4.78 is 1.11. The summed E-state index contributed by atoms with van der Waals surface area (Å²) in [5, 5.41) is 0.754. The van der Waals surface area contributed by atoms with E-state index in [0.717, 1.165) is 32.0 Å². The summed E-state index contributed by atoms with van der Waals surface area (Å²) in [6.07, 6.45) is 2.41. The van der Waals surface area contributed by atoms with E-state index >= 15 is 0 Å². The Bertz CT molecular complexity index is 1120. The largest absolute Gasteiger partial charge is 0.283 e. The Hall–Kier alpha value is -2.63. The number of carbonyl (C=O) groups excluding carboxylic acids is 1. The van der Waals surface area contributed by atoms with Crippen molar-refractivity contribution in [2.24, 2.45) is 0 Å². The first-order valence-electron chi connectivity index (χ1n) is 9.47. The van der Waals surface area contributed by atoms with Crippen LogP contribution >= 0.6 is 23.1 Å². The van der Waals surface area contributed by atoms with Crippen LogP contribution in [0, 0.1) is 6.92 Å². The monoisotopic (exact) mass is 418 g/mol. The maximum atomic E-state index is 13.3. The number of hydrogen-bond donors (Lipinski definition) is 0. The third kappa shape index (κ3) is 4.52. The lowest BCUT2D eigenvalue weighted by atomic mass is 10.1. The molecule has 0 aliphatic heterocycles. The molecule has 3 nitrogen and oxygen atoms in total. The number of aromatic nitrogens is 1. The quantitative estimate of drug-likeness (QED) is 0.355. The fourth-order valence-corrected chi connectivity index (χ4v) is 4.70. The van der Waals surface area contributed by atoms with Gasteiger partial charge in [0.25, 0.3) is 0 Å². The van der Waals surface area contributed by atoms with Gasteiger partial charge in [-0.15, -0.1) is 11.8 Å². The van der Waals surface area contributed by atoms with Gasteiger partial charge in [0.1, 0.15) is 0 Å². The zero-order chi connectivity index (χ0) is 20.2. The molecule has 0 N–H and O–H groups in total. The van der Waals surface area contributed by atoms with Crippen molar-refractivity contribution in [3.8, 4) is 0 Å². The average molecular weight is 419 g/mol. The summed E-state index contributed by atoms with van der Waals surface area (Å²) in [5.74, 6) is 0.0578. The number of hydrogen-bond acceptors (Lipinski definition) is 4. The number of aryl methyl sites for hydroxylation is 1. The summed E-state index contributed by atoms with van der Waals surface area (Å²) in [6.45, 7) is 2.57. The number of anilines is 1. The average Bonchev–Trinajstić information content (AvgIpc) is 3.18. The Kier molecular flexibility index (Phi) is 5.97. The zero-order valence-electron chi connectivity index (χ0n) is 16.5. The van der Waals surface area contributed by atoms with E-state index in [1.165, 1.54) is 4.90 Å². The smallest absolute Gasteiger partial charge is 0.233 e. The first-order chi connectivity index (χ1) is 14.1. The first-order valence-corrected chi connectivity index (χ1v) is 11.5. The van der Waals surface area contributed by atoms with Crippen LogP contribution in [-0.4, -0.2) is 17.1 Å². The van der Waals surface area contributed by atoms with Gasteiger partial charge in [-0.25, -0.2) is 4.98 Å². The minimum absolute atomic E-state index is 0.0578. The van der Waals surface area contributed by atoms with Crippen molar-refractivity contribution in [3.63, 3.8) is 0 Å². The SMILES string of the molecule is CSc1ccc(CC(=O)N(Cc2ccccc2)c2nc3c(C)cccc3s2)cc1. The van der Waals surface area contributed by atoms with E-state index in [-0.39, 0.29) is 5.91 Å². The zero-order valence-corrected chi connectivity index (χ0v) is 18.1. The molecule has 0 aliphatic rings. The highest BCUT2D eigenvalue weighted by Gasteiger charge is 2.21. The Balaban J connectivity index is 1.66. The summed E-state index contributed by atoms with van der Waals surface area (Å²) in [6, 6.07) is 24.5. The molecular formula is C24H22N2OS2. The Morgan fingerprint density at radius 2 is 1.72 bits per heavy atom. The maximum absolute atomic E-state index is 13.3. The molecular weight excluding hydrogens is 396 g/mol. The molecule has 0 unspecified atom stereocenters. The van der Waals surface area contributed by atoms with E-state index in [4.69, 9.17) is 4.98 Å². The second kappa shape index (κ2) is 8.80. The number of nitrogens with zero attached hydrogens (tertiary/aromatic N) is 2. The van der Waals surface area contributed by atoms with Crippen LogP contribution in [0.1, 0.15) is 16.7 Å². The Morgan fingerprint density at radius 3 is 2.41 bits per heavy atom. The topological polar surface area (TPSA) is 33.2 Å². The maximum Gasteiger partial charge on any atom is 0.233 e. The highest BCUT2D eigenvalue weighted by molar-refractivity contribution is 7.98. The van der Waals surface area contributed by atoms with E-state index in [0.29, 0.717) is 13.0 Å². The van der Waals surface area contributed by atoms with Gasteiger partial charge in [0.2, 0.25) is 5.91 Å². The fourth-order valence-electron chi connectivity index (χ4n) is 3.23. The molecule has 0 spiro atoms. The van der Waals surface area contributed by atoms with E-state index in [1.54, 1.807) is 23.1 Å². The van der Waals surface area contributed by atoms with Crippen molar-refractivity contribution in [1.82, 2.24) is 4.98 Å². The molecule has 0 radical (unpaired) electrons. The van der Waals surface area contributed by atoms with E-state index in [9.17, 15) is 4.79 Å². The summed E-state index contributed by atoms with van der Waals surface area (Å²) in [4.78, 5) is 21.2. The molecule has 1 amide bonds. The first kappa shape index (κ1) is 19.7. The van der Waals surface area contributed by atoms with Gasteiger partial charge in [-0.05, 0) is 48.1 Å². The van der Waals surface area contributed by atoms with Gasteiger partial charge in [0.15, 0.2) is 5.13 Å². The molecule has 0 saturated carbocycles. The number of fused-ring (bicyclic) bond motifs is 1. The van der Waals surface area contributed by atoms with Crippen LogP contribution in [0.2, 0.25) is 0 Å². The van der Waals surface area contributed by atoms with Gasteiger partial charge >= 0.3 is 0 Å². The van der Waals surface area contributed by atoms with Crippen molar-refractivity contribution in [3.05, 3.63) is 89.5 Å². The summed E-state index contributed by atoms with van der Waals surface area (Å²) in [5.41, 5.74) is 4.21. The lowest BCUT2D eigenvalue weighted by molar-refractivity contribution is -0.118. The van der Waals surface area contributed by atoms with Crippen LogP contribution in [0.5, 0.6) is 0 Å². The predicted octanol–water partition coefficient (Wildman–Crippen LogP) is 6.10. The number of benzene rings is 3. The lowest BCUT2D eigenvalue weighted by Gasteiger charge is -2.20. The second-order valence-electron chi connectivity index (χ2n) is 6.91. The van der Waals surface area contributed by atoms with Gasteiger partial charge in [-0.1, -0.05) is 65.9 Å². The van der Waals surface area contributed by atoms with E-state index in [1.807, 2.05) is 53.4 Å². The molecule has 0 aliphatic carbocycles. The molecule has 1 aromatic heterocycles. The summed E-state index contributed by atoms with van der Waals surface area (Å²) in [7, 11) is 0. The standard InChI is InChI=1S/C24H22N2OS2/c1-17-7-6-10-21-23(17)25-24(29-21)26(16-19-8-4-3-5-9-19)22(27)15-18-11-13-20(28-2)14-12-18/h3-14H,15-16H2,1-2H3. The second-order valence-corrected chi connectivity index (χ2v) is 8.80. The van der Waals surface area contributed by atoms with E-state index < -0.39 is 0 Å². The number of carbonyl (C=O) groups is 1. The third-order valence-corrected chi connectivity index (χ3v) is 6.63. The number of thiazole rings is 1. The highest BCUT2D eigenvalue weighted by Crippen LogP contribution is 2.32. The minimum Gasteiger partial charge on any atom is -0.283 e. The van der Waals surface area contributed by atoms with E-state index in [2.05, 4.69) is 37.4 Å². The van der Waals surface area contributed by atoms with Gasteiger partial charge < -0.3 is 0 Å². The molecule has 0 atom stereocenters. The van der Waals surface area contributed by atoms with Crippen molar-refractivity contribution in [2.75, 3.05) is 11.2 Å². The predicted molar refractivity (Wildman–Crippen MR) is 124 cm³/mol. The van der Waals surface area contributed by atoms with Crippen LogP contribution in [0.25, 0.3) is 10.2 Å². The molecule has 4 rings (SSSR count). The van der Waals surface area contributed by atoms with Crippen LogP contribution in [0.15, 0.2) is 77.7 Å². The van der Waals surface area contributed by atoms with Crippen molar-refractivity contribution >= 4 is 44.4 Å². The van der Waals surface area contributed by atoms with Crippen LogP contribution < -0.4 is 4.90 Å². The molecule has 0 saturated heterocycles. The number of thioether (sulfide) groups is 1. The molecule has 4 aromatic rings. The molecule has 5 heteroatoms. The molecule has 0 fully saturated rings. The normalized spacial score (nSPS) is 11.0. The molecule has 3 aromatic carbocycles. The van der Waals surface area contributed by atoms with Crippen LogP contribution in [0.4, 0.5) is 5.13 Å². The Morgan fingerprint density at radius 1 is 0.966 bits per heavy atom. The number of rotatable bonds is 6. The third-order valence-electron chi connectivity index (χ3n) is 4.84. The number of amides is 1. The van der Waals surface area contributed by atoms with Gasteiger partial charge in [0.05, 0.1) is 23.2 Å². The van der Waals surface area contributed by atoms with Gasteiger partial charge in [0, 0.05) is 4.90 Å². The molecule has 0 bridgehead atoms.